The van der Waals surface area contributed by atoms with Gasteiger partial charge in [-0.05, 0) is 85.4 Å². The molecule has 2 aromatic carbocycles. The van der Waals surface area contributed by atoms with Gasteiger partial charge in [-0.2, -0.15) is 0 Å². The lowest BCUT2D eigenvalue weighted by molar-refractivity contribution is -0.258. The maximum Gasteiger partial charge on any atom is 0.239 e. The molecule has 0 spiro atoms. The van der Waals surface area contributed by atoms with Gasteiger partial charge in [-0.3, -0.25) is 4.79 Å². The number of unbranched alkanes of at least 4 members (excludes halogenated alkanes) is 10. The Morgan fingerprint density at radius 2 is 1.58 bits per heavy atom. The minimum absolute atomic E-state index is 0.0256. The molecule has 0 radical (unpaired) electrons. The number of hydrogen-bond acceptors (Lipinski definition) is 10. The largest absolute Gasteiger partial charge is 0.490 e. The van der Waals surface area contributed by atoms with Crippen LogP contribution in [0.25, 0.3) is 0 Å². The first-order chi connectivity index (χ1) is 30.4. The molecule has 62 heavy (non-hydrogen) atoms. The average Bonchev–Trinajstić information content (AvgIpc) is 3.76. The number of aliphatic hydroxyl groups excluding tert-OH is 2. The average molecular weight is 857 g/mol. The van der Waals surface area contributed by atoms with Crippen LogP contribution >= 0.6 is 0 Å². The number of allylic oxidation sites excluding steroid dienone is 1. The first kappa shape index (κ1) is 47.2. The van der Waals surface area contributed by atoms with Crippen LogP contribution in [-0.2, 0) is 20.9 Å². The topological polar surface area (TPSA) is 129 Å². The molecule has 0 bridgehead atoms. The van der Waals surface area contributed by atoms with E-state index in [0.717, 1.165) is 67.4 Å². The fraction of sp³-hybridized carbons (Fsp3) is 0.608. The van der Waals surface area contributed by atoms with Gasteiger partial charge in [-0.1, -0.05) is 107 Å². The minimum Gasteiger partial charge on any atom is -0.490 e. The van der Waals surface area contributed by atoms with E-state index in [2.05, 4.69) is 32.2 Å². The molecular weight excluding hydrogens is 785 g/mol. The second-order valence-electron chi connectivity index (χ2n) is 17.3. The van der Waals surface area contributed by atoms with Crippen molar-refractivity contribution in [2.45, 2.75) is 140 Å². The fourth-order valence-electron chi connectivity index (χ4n) is 10.3. The molecule has 6 atom stereocenters. The van der Waals surface area contributed by atoms with Gasteiger partial charge in [-0.15, -0.1) is 6.58 Å². The minimum atomic E-state index is -1.34. The fourth-order valence-corrected chi connectivity index (χ4v) is 10.3. The van der Waals surface area contributed by atoms with Crippen molar-refractivity contribution in [2.24, 2.45) is 22.9 Å². The Morgan fingerprint density at radius 3 is 2.31 bits per heavy atom. The standard InChI is InChI=1S/C51H72N2O9/c1-5-8-9-10-11-12-13-14-15-22-48(56)53(35-37-23-25-45-46(31-37)60-36-59-45)47-34-43(52-57-4)41-32-38(20-16-18-27-54)40(21-17-19-28-55)49-42-33-39(58-29-6-2)24-26-44(42)62-51(47,50(41)49)61-30-7-3/h6-7,23-26,31-33,38,40,47,49-50,54-55H,2-3,5,8-22,27-30,34-36H2,1,4H3/t38-,40+,47-,49+,50+,51+/m0/s1. The van der Waals surface area contributed by atoms with E-state index < -0.39 is 17.7 Å². The SMILES string of the molecule is C=CCOc1ccc2c(c1)[C@H]1[C@H](CCCCO)[C@@H](CCCCO)C=C3C(=NOC)C[C@H](N(Cc4ccc5c(c4)OCO5)C(=O)CCCCCCCCCCC)[C@@](OCC=C)(O2)[C@H]31. The smallest absolute Gasteiger partial charge is 0.239 e. The van der Waals surface area contributed by atoms with Crippen LogP contribution in [0.2, 0.25) is 0 Å². The van der Waals surface area contributed by atoms with Crippen LogP contribution in [-0.4, -0.2) is 78.9 Å². The summed E-state index contributed by atoms with van der Waals surface area (Å²) >= 11 is 0. The number of carbonyl (C=O) groups is 1. The lowest BCUT2D eigenvalue weighted by Crippen LogP contribution is -2.70. The lowest BCUT2D eigenvalue weighted by Gasteiger charge is -2.60. The molecule has 340 valence electrons. The maximum atomic E-state index is 15.1. The van der Waals surface area contributed by atoms with Gasteiger partial charge in [-0.25, -0.2) is 0 Å². The summed E-state index contributed by atoms with van der Waals surface area (Å²) in [5, 5.41) is 24.6. The first-order valence-electron chi connectivity index (χ1n) is 23.5. The summed E-state index contributed by atoms with van der Waals surface area (Å²) in [5.74, 6) is 1.13. The molecule has 2 N–H and O–H groups in total. The van der Waals surface area contributed by atoms with Crippen LogP contribution in [0.5, 0.6) is 23.0 Å². The zero-order valence-electron chi connectivity index (χ0n) is 37.4. The van der Waals surface area contributed by atoms with Crippen molar-refractivity contribution in [3.63, 3.8) is 0 Å². The van der Waals surface area contributed by atoms with E-state index in [-0.39, 0.29) is 50.3 Å². The van der Waals surface area contributed by atoms with Gasteiger partial charge >= 0.3 is 0 Å². The molecule has 1 amide bonds. The zero-order valence-corrected chi connectivity index (χ0v) is 37.4. The Balaban J connectivity index is 1.47. The van der Waals surface area contributed by atoms with Crippen LogP contribution in [0.4, 0.5) is 0 Å². The number of nitrogens with zero attached hydrogens (tertiary/aromatic N) is 2. The molecule has 2 aliphatic heterocycles. The van der Waals surface area contributed by atoms with Crippen molar-refractivity contribution < 1.29 is 43.5 Å². The van der Waals surface area contributed by atoms with Gasteiger partial charge < -0.3 is 43.6 Å². The molecule has 2 aliphatic carbocycles. The van der Waals surface area contributed by atoms with Gasteiger partial charge in [0.25, 0.3) is 0 Å². The Bertz CT molecular complexity index is 1830. The molecular formula is C51H72N2O9. The number of aliphatic hydroxyl groups is 2. The predicted octanol–water partition coefficient (Wildman–Crippen LogP) is 10.2. The molecule has 11 heteroatoms. The summed E-state index contributed by atoms with van der Waals surface area (Å²) < 4.78 is 32.2. The molecule has 0 aromatic heterocycles. The number of fused-ring (bicyclic) bond motifs is 3. The molecule has 6 rings (SSSR count). The van der Waals surface area contributed by atoms with E-state index in [1.54, 1.807) is 19.3 Å². The van der Waals surface area contributed by atoms with Crippen molar-refractivity contribution in [1.82, 2.24) is 4.90 Å². The molecule has 0 unspecified atom stereocenters. The number of ether oxygens (including phenoxy) is 5. The number of amides is 1. The quantitative estimate of drug-likeness (QED) is 0.0488. The van der Waals surface area contributed by atoms with E-state index in [1.165, 1.54) is 38.5 Å². The van der Waals surface area contributed by atoms with Crippen molar-refractivity contribution in [3.8, 4) is 23.0 Å². The van der Waals surface area contributed by atoms with Crippen molar-refractivity contribution in [1.29, 1.82) is 0 Å². The number of oxime groups is 1. The van der Waals surface area contributed by atoms with Crippen molar-refractivity contribution >= 4 is 11.6 Å². The van der Waals surface area contributed by atoms with E-state index in [0.29, 0.717) is 61.8 Å². The monoisotopic (exact) mass is 857 g/mol. The molecule has 11 nitrogen and oxygen atoms in total. The van der Waals surface area contributed by atoms with Crippen molar-refractivity contribution in [3.05, 3.63) is 84.5 Å². The third-order valence-electron chi connectivity index (χ3n) is 13.2. The maximum absolute atomic E-state index is 15.1. The summed E-state index contributed by atoms with van der Waals surface area (Å²) in [4.78, 5) is 22.7. The summed E-state index contributed by atoms with van der Waals surface area (Å²) in [5.41, 5.74) is 3.69. The number of rotatable bonds is 28. The highest BCUT2D eigenvalue weighted by Crippen LogP contribution is 2.62. The van der Waals surface area contributed by atoms with Crippen LogP contribution in [0.3, 0.4) is 0 Å². The van der Waals surface area contributed by atoms with Gasteiger partial charge in [0.1, 0.15) is 31.3 Å². The predicted molar refractivity (Wildman–Crippen MR) is 243 cm³/mol. The van der Waals surface area contributed by atoms with Gasteiger partial charge in [0.05, 0.1) is 18.2 Å². The Hall–Kier alpha value is -4.32. The van der Waals surface area contributed by atoms with Crippen LogP contribution in [0.15, 0.2) is 78.5 Å². The molecule has 4 aliphatic rings. The summed E-state index contributed by atoms with van der Waals surface area (Å²) in [6.45, 7) is 11.4. The summed E-state index contributed by atoms with van der Waals surface area (Å²) in [6.07, 6.45) is 21.8. The molecule has 2 heterocycles. The van der Waals surface area contributed by atoms with E-state index in [4.69, 9.17) is 33.7 Å². The highest BCUT2D eigenvalue weighted by molar-refractivity contribution is 6.03. The second-order valence-corrected chi connectivity index (χ2v) is 17.3. The van der Waals surface area contributed by atoms with E-state index in [9.17, 15) is 10.2 Å². The Morgan fingerprint density at radius 1 is 0.871 bits per heavy atom. The van der Waals surface area contributed by atoms with Gasteiger partial charge in [0.2, 0.25) is 18.5 Å². The van der Waals surface area contributed by atoms with E-state index >= 15 is 4.79 Å². The van der Waals surface area contributed by atoms with Crippen LogP contribution in [0, 0.1) is 17.8 Å². The summed E-state index contributed by atoms with van der Waals surface area (Å²) in [6, 6.07) is 11.3. The van der Waals surface area contributed by atoms with Crippen LogP contribution < -0.4 is 18.9 Å². The second kappa shape index (κ2) is 23.9. The highest BCUT2D eigenvalue weighted by atomic mass is 16.7. The van der Waals surface area contributed by atoms with E-state index in [1.807, 2.05) is 35.2 Å². The Kier molecular flexibility index (Phi) is 18.2. The zero-order chi connectivity index (χ0) is 43.7. The van der Waals surface area contributed by atoms with Crippen LogP contribution in [0.1, 0.15) is 133 Å². The molecule has 1 fully saturated rings. The third-order valence-corrected chi connectivity index (χ3v) is 13.2. The molecule has 1 saturated carbocycles. The van der Waals surface area contributed by atoms with Gasteiger partial charge in [0.15, 0.2) is 11.5 Å². The lowest BCUT2D eigenvalue weighted by atomic mass is 9.55. The number of carbonyl (C=O) groups excluding carboxylic acids is 1. The first-order valence-corrected chi connectivity index (χ1v) is 23.5. The summed E-state index contributed by atoms with van der Waals surface area (Å²) in [7, 11) is 1.57. The normalized spacial score (nSPS) is 23.8. The molecule has 2 aromatic rings. The third kappa shape index (κ3) is 11.2. The molecule has 0 saturated heterocycles. The highest BCUT2D eigenvalue weighted by Gasteiger charge is 2.65. The van der Waals surface area contributed by atoms with Crippen molar-refractivity contribution in [2.75, 3.05) is 40.3 Å². The number of benzene rings is 2. The van der Waals surface area contributed by atoms with Gasteiger partial charge in [0, 0.05) is 44.1 Å². The number of hydrogen-bond donors (Lipinski definition) is 2. The Labute approximate surface area is 370 Å².